The molecule has 0 N–H and O–H groups in total. The Bertz CT molecular complexity index is 387. The summed E-state index contributed by atoms with van der Waals surface area (Å²) in [5.41, 5.74) is -0.933. The monoisotopic (exact) mass is 220 g/mol. The van der Waals surface area contributed by atoms with Gasteiger partial charge in [0.1, 0.15) is 11.5 Å². The number of nitriles is 1. The third-order valence-electron chi connectivity index (χ3n) is 1.56. The Morgan fingerprint density at radius 2 is 2.21 bits per heavy atom. The van der Waals surface area contributed by atoms with Crippen LogP contribution in [0.4, 0.5) is 13.2 Å². The van der Waals surface area contributed by atoms with Crippen LogP contribution in [0.5, 0.6) is 0 Å². The van der Waals surface area contributed by atoms with Gasteiger partial charge in [-0.2, -0.15) is 5.26 Å². The van der Waals surface area contributed by atoms with Gasteiger partial charge in [-0.1, -0.05) is 11.6 Å². The Hall–Kier alpha value is -1.28. The van der Waals surface area contributed by atoms with Gasteiger partial charge in [0.15, 0.2) is 0 Å². The SMILES string of the molecule is N#CCc1c(F)cnc(C(F)F)c1Cl. The van der Waals surface area contributed by atoms with E-state index in [4.69, 9.17) is 16.9 Å². The minimum absolute atomic E-state index is 0.237. The molecule has 0 atom stereocenters. The van der Waals surface area contributed by atoms with Crippen LogP contribution in [0.15, 0.2) is 6.20 Å². The summed E-state index contributed by atoms with van der Waals surface area (Å²) in [5, 5.41) is 7.84. The maximum atomic E-state index is 12.9. The van der Waals surface area contributed by atoms with Crippen LogP contribution in [0.1, 0.15) is 17.7 Å². The molecule has 2 nitrogen and oxygen atoms in total. The molecule has 0 bridgehead atoms. The minimum atomic E-state index is -2.87. The van der Waals surface area contributed by atoms with Crippen molar-refractivity contribution in [1.29, 1.82) is 5.26 Å². The lowest BCUT2D eigenvalue weighted by molar-refractivity contribution is 0.146. The average Bonchev–Trinajstić information content (AvgIpc) is 2.11. The smallest absolute Gasteiger partial charge is 0.251 e. The highest BCUT2D eigenvalue weighted by Crippen LogP contribution is 2.29. The van der Waals surface area contributed by atoms with Crippen molar-refractivity contribution in [2.45, 2.75) is 12.8 Å². The van der Waals surface area contributed by atoms with E-state index in [1.807, 2.05) is 0 Å². The van der Waals surface area contributed by atoms with Gasteiger partial charge in [0.05, 0.1) is 23.7 Å². The summed E-state index contributed by atoms with van der Waals surface area (Å²) >= 11 is 5.45. The van der Waals surface area contributed by atoms with Crippen molar-refractivity contribution in [2.24, 2.45) is 0 Å². The van der Waals surface area contributed by atoms with Gasteiger partial charge < -0.3 is 0 Å². The highest BCUT2D eigenvalue weighted by molar-refractivity contribution is 6.32. The molecule has 0 saturated carbocycles. The predicted octanol–water partition coefficient (Wildman–Crippen LogP) is 2.88. The lowest BCUT2D eigenvalue weighted by atomic mass is 10.1. The summed E-state index contributed by atoms with van der Waals surface area (Å²) in [6, 6.07) is 1.63. The van der Waals surface area contributed by atoms with Gasteiger partial charge in [-0.25, -0.2) is 13.2 Å². The molecule has 14 heavy (non-hydrogen) atoms. The molecule has 0 aromatic carbocycles. The van der Waals surface area contributed by atoms with Gasteiger partial charge >= 0.3 is 0 Å². The Balaban J connectivity index is 3.27. The molecule has 0 spiro atoms. The molecule has 0 aliphatic carbocycles. The lowest BCUT2D eigenvalue weighted by Gasteiger charge is -2.06. The topological polar surface area (TPSA) is 36.7 Å². The number of hydrogen-bond acceptors (Lipinski definition) is 2. The molecule has 1 aromatic rings. The standard InChI is InChI=1S/C8H4ClF3N2/c9-6-4(1-2-13)5(10)3-14-7(6)8(11)12/h3,8H,1H2. The zero-order valence-corrected chi connectivity index (χ0v) is 7.52. The number of alkyl halides is 2. The van der Waals surface area contributed by atoms with Gasteiger partial charge in [-0.3, -0.25) is 4.98 Å². The summed E-state index contributed by atoms with van der Waals surface area (Å²) in [4.78, 5) is 3.15. The first-order valence-electron chi connectivity index (χ1n) is 3.55. The molecule has 1 heterocycles. The van der Waals surface area contributed by atoms with Crippen LogP contribution in [-0.2, 0) is 6.42 Å². The second-order valence-corrected chi connectivity index (χ2v) is 2.80. The zero-order chi connectivity index (χ0) is 10.7. The van der Waals surface area contributed by atoms with Crippen molar-refractivity contribution in [3.63, 3.8) is 0 Å². The molecule has 0 aliphatic heterocycles. The molecule has 0 saturated heterocycles. The summed E-state index contributed by atoms with van der Waals surface area (Å²) < 4.78 is 37.4. The third kappa shape index (κ3) is 1.96. The van der Waals surface area contributed by atoms with Crippen molar-refractivity contribution in [2.75, 3.05) is 0 Å². The number of rotatable bonds is 2. The molecule has 0 radical (unpaired) electrons. The minimum Gasteiger partial charge on any atom is -0.251 e. The third-order valence-corrected chi connectivity index (χ3v) is 1.98. The molecule has 0 unspecified atom stereocenters. The fraction of sp³-hybridized carbons (Fsp3) is 0.250. The summed E-state index contributed by atoms with van der Waals surface area (Å²) in [6.45, 7) is 0. The molecule has 0 aliphatic rings. The van der Waals surface area contributed by atoms with E-state index in [9.17, 15) is 13.2 Å². The second kappa shape index (κ2) is 4.29. The van der Waals surface area contributed by atoms with Gasteiger partial charge in [-0.05, 0) is 0 Å². The number of hydrogen-bond donors (Lipinski definition) is 0. The van der Waals surface area contributed by atoms with E-state index in [0.717, 1.165) is 0 Å². The van der Waals surface area contributed by atoms with Gasteiger partial charge in [0.2, 0.25) is 0 Å². The highest BCUT2D eigenvalue weighted by Gasteiger charge is 2.19. The van der Waals surface area contributed by atoms with Crippen molar-refractivity contribution in [1.82, 2.24) is 4.98 Å². The first-order chi connectivity index (χ1) is 6.57. The molecule has 0 fully saturated rings. The first-order valence-corrected chi connectivity index (χ1v) is 3.93. The quantitative estimate of drug-likeness (QED) is 0.768. The van der Waals surface area contributed by atoms with Gasteiger partial charge in [0.25, 0.3) is 6.43 Å². The average molecular weight is 221 g/mol. The molecular weight excluding hydrogens is 217 g/mol. The van der Waals surface area contributed by atoms with E-state index in [2.05, 4.69) is 4.98 Å². The Morgan fingerprint density at radius 1 is 1.57 bits per heavy atom. The van der Waals surface area contributed by atoms with Crippen LogP contribution < -0.4 is 0 Å². The molecule has 0 amide bonds. The summed E-state index contributed by atoms with van der Waals surface area (Å²) in [7, 11) is 0. The van der Waals surface area contributed by atoms with Crippen LogP contribution in [0, 0.1) is 17.1 Å². The maximum absolute atomic E-state index is 12.9. The van der Waals surface area contributed by atoms with Crippen LogP contribution in [-0.4, -0.2) is 4.98 Å². The van der Waals surface area contributed by atoms with E-state index >= 15 is 0 Å². The van der Waals surface area contributed by atoms with E-state index in [1.165, 1.54) is 0 Å². The van der Waals surface area contributed by atoms with Gasteiger partial charge in [-0.15, -0.1) is 0 Å². The van der Waals surface area contributed by atoms with Crippen LogP contribution in [0.3, 0.4) is 0 Å². The predicted molar refractivity (Wildman–Crippen MR) is 43.5 cm³/mol. The maximum Gasteiger partial charge on any atom is 0.281 e. The largest absolute Gasteiger partial charge is 0.281 e. The number of aromatic nitrogens is 1. The number of pyridine rings is 1. The fourth-order valence-corrected chi connectivity index (χ4v) is 1.20. The fourth-order valence-electron chi connectivity index (χ4n) is 0.913. The van der Waals surface area contributed by atoms with E-state index in [0.29, 0.717) is 6.20 Å². The summed E-state index contributed by atoms with van der Waals surface area (Å²) in [6.07, 6.45) is -2.59. The Kier molecular flexibility index (Phi) is 3.31. The number of nitrogens with zero attached hydrogens (tertiary/aromatic N) is 2. The van der Waals surface area contributed by atoms with Crippen molar-refractivity contribution in [3.05, 3.63) is 28.3 Å². The Morgan fingerprint density at radius 3 is 2.71 bits per heavy atom. The van der Waals surface area contributed by atoms with Crippen molar-refractivity contribution >= 4 is 11.6 Å². The van der Waals surface area contributed by atoms with E-state index in [1.54, 1.807) is 6.07 Å². The molecule has 1 rings (SSSR count). The highest BCUT2D eigenvalue weighted by atomic mass is 35.5. The van der Waals surface area contributed by atoms with Crippen molar-refractivity contribution in [3.8, 4) is 6.07 Å². The molecule has 74 valence electrons. The van der Waals surface area contributed by atoms with E-state index in [-0.39, 0.29) is 12.0 Å². The number of halogens is 4. The van der Waals surface area contributed by atoms with Crippen LogP contribution in [0.25, 0.3) is 0 Å². The van der Waals surface area contributed by atoms with E-state index < -0.39 is 23.0 Å². The lowest BCUT2D eigenvalue weighted by Crippen LogP contribution is -1.99. The second-order valence-electron chi connectivity index (χ2n) is 2.42. The Labute approximate surface area is 82.9 Å². The summed E-state index contributed by atoms with van der Waals surface area (Å²) in [5.74, 6) is -0.846. The van der Waals surface area contributed by atoms with Gasteiger partial charge in [0, 0.05) is 5.56 Å². The normalized spacial score (nSPS) is 10.3. The molecule has 1 aromatic heterocycles. The molecule has 6 heteroatoms. The zero-order valence-electron chi connectivity index (χ0n) is 6.77. The van der Waals surface area contributed by atoms with Crippen LogP contribution >= 0.6 is 11.6 Å². The molecular formula is C8H4ClF3N2. The van der Waals surface area contributed by atoms with Crippen molar-refractivity contribution < 1.29 is 13.2 Å². The van der Waals surface area contributed by atoms with Crippen LogP contribution in [0.2, 0.25) is 5.02 Å². The first kappa shape index (κ1) is 10.8.